The van der Waals surface area contributed by atoms with Crippen LogP contribution in [0.25, 0.3) is 11.0 Å². The van der Waals surface area contributed by atoms with Gasteiger partial charge in [0.25, 0.3) is 5.56 Å². The first-order valence-corrected chi connectivity index (χ1v) is 12.9. The Hall–Kier alpha value is -4.68. The number of H-pyrrole nitrogens is 1. The second-order valence-electron chi connectivity index (χ2n) is 10.4. The Morgan fingerprint density at radius 1 is 1.24 bits per heavy atom. The van der Waals surface area contributed by atoms with Gasteiger partial charge in [0, 0.05) is 32.4 Å². The van der Waals surface area contributed by atoms with Gasteiger partial charge >= 0.3 is 6.09 Å². The van der Waals surface area contributed by atoms with Crippen molar-refractivity contribution in [3.8, 4) is 5.75 Å². The van der Waals surface area contributed by atoms with Crippen molar-refractivity contribution in [2.24, 2.45) is 0 Å². The van der Waals surface area contributed by atoms with Crippen molar-refractivity contribution in [2.45, 2.75) is 51.8 Å². The van der Waals surface area contributed by atoms with Gasteiger partial charge in [0.15, 0.2) is 0 Å². The lowest BCUT2D eigenvalue weighted by atomic mass is 10.1. The predicted octanol–water partition coefficient (Wildman–Crippen LogP) is 3.18. The number of likely N-dealkylation sites (N-methyl/N-ethyl adjacent to an activating group) is 1. The minimum absolute atomic E-state index is 0.00232. The maximum Gasteiger partial charge on any atom is 0.407 e. The molecule has 41 heavy (non-hydrogen) atoms. The molecule has 0 aliphatic carbocycles. The van der Waals surface area contributed by atoms with Crippen molar-refractivity contribution in [2.75, 3.05) is 26.5 Å². The molecule has 0 saturated carbocycles. The summed E-state index contributed by atoms with van der Waals surface area (Å²) in [5.41, 5.74) is -0.282. The number of nitrogens with zero attached hydrogens (tertiary/aromatic N) is 3. The zero-order valence-electron chi connectivity index (χ0n) is 23.9. The molecule has 0 aliphatic heterocycles. The number of fused-ring (bicyclic) bond motifs is 1. The fourth-order valence-electron chi connectivity index (χ4n) is 3.79. The van der Waals surface area contributed by atoms with Crippen LogP contribution >= 0.6 is 0 Å². The quantitative estimate of drug-likeness (QED) is 0.317. The molecular formula is C28H35FN6O6. The first kappa shape index (κ1) is 30.9. The largest absolute Gasteiger partial charge is 0.486 e. The number of aromatic nitrogens is 3. The monoisotopic (exact) mass is 570 g/mol. The van der Waals surface area contributed by atoms with Crippen LogP contribution in [0.5, 0.6) is 5.75 Å². The summed E-state index contributed by atoms with van der Waals surface area (Å²) in [6.07, 6.45) is 4.11. The molecule has 3 N–H and O–H groups in total. The van der Waals surface area contributed by atoms with Gasteiger partial charge in [0.05, 0.1) is 19.2 Å². The number of carbonyl (C=O) groups excluding carboxylic acids is 3. The fraction of sp³-hybridized carbons (Fsp3) is 0.393. The Bertz CT molecular complexity index is 1500. The average Bonchev–Trinajstić information content (AvgIpc) is 3.29. The molecule has 0 spiro atoms. The lowest BCUT2D eigenvalue weighted by Gasteiger charge is -2.21. The first-order valence-electron chi connectivity index (χ1n) is 12.9. The highest BCUT2D eigenvalue weighted by Gasteiger charge is 2.22. The molecule has 3 rings (SSSR count). The number of benzene rings is 1. The second-order valence-corrected chi connectivity index (χ2v) is 10.4. The van der Waals surface area contributed by atoms with E-state index in [0.717, 1.165) is 0 Å². The fourth-order valence-corrected chi connectivity index (χ4v) is 3.79. The zero-order chi connectivity index (χ0) is 30.3. The Morgan fingerprint density at radius 2 is 1.98 bits per heavy atom. The normalized spacial score (nSPS) is 12.3. The number of anilines is 1. The van der Waals surface area contributed by atoms with Gasteiger partial charge in [-0.05, 0) is 51.8 Å². The Labute approximate surface area is 236 Å². The number of allylic oxidation sites excluding steroid dienone is 1. The van der Waals surface area contributed by atoms with E-state index in [2.05, 4.69) is 25.3 Å². The van der Waals surface area contributed by atoms with Crippen LogP contribution in [0.4, 0.5) is 14.9 Å². The van der Waals surface area contributed by atoms with Crippen molar-refractivity contribution >= 4 is 34.6 Å². The number of ether oxygens (including phenoxy) is 2. The number of aromatic amines is 1. The molecule has 2 aromatic heterocycles. The van der Waals surface area contributed by atoms with Gasteiger partial charge in [-0.2, -0.15) is 0 Å². The third-order valence-corrected chi connectivity index (χ3v) is 5.70. The molecular weight excluding hydrogens is 535 g/mol. The van der Waals surface area contributed by atoms with Gasteiger partial charge in [-0.1, -0.05) is 6.08 Å². The summed E-state index contributed by atoms with van der Waals surface area (Å²) in [4.78, 5) is 58.7. The van der Waals surface area contributed by atoms with Gasteiger partial charge in [-0.15, -0.1) is 0 Å². The first-order chi connectivity index (χ1) is 19.3. The van der Waals surface area contributed by atoms with Crippen LogP contribution in [-0.2, 0) is 20.9 Å². The predicted molar refractivity (Wildman–Crippen MR) is 151 cm³/mol. The van der Waals surface area contributed by atoms with E-state index in [-0.39, 0.29) is 24.6 Å². The van der Waals surface area contributed by atoms with Crippen LogP contribution in [0.2, 0.25) is 0 Å². The maximum atomic E-state index is 14.2. The van der Waals surface area contributed by atoms with Crippen molar-refractivity contribution in [3.05, 3.63) is 64.6 Å². The van der Waals surface area contributed by atoms with Crippen LogP contribution in [0.3, 0.4) is 0 Å². The molecule has 1 atom stereocenters. The van der Waals surface area contributed by atoms with Crippen molar-refractivity contribution in [1.82, 2.24) is 24.8 Å². The number of alkyl carbamates (subject to hydrolysis) is 1. The molecule has 0 radical (unpaired) electrons. The zero-order valence-corrected chi connectivity index (χ0v) is 23.9. The standard InChI is InChI=1S/C28H35FN6O6/c1-28(2,3)41-21-15-17(29)14-20-24(21)33-22(30-20)16-35-13-9-11-19(26(35)38)31-25(37)18(32-27(39)40-6)10-7-8-12-23(36)34(4)5/h8-9,11-15,18H,7,10,16H2,1-6H3,(H,30,33)(H,31,37)(H,32,39). The topological polar surface area (TPSA) is 148 Å². The van der Waals surface area contributed by atoms with E-state index in [1.54, 1.807) is 26.2 Å². The smallest absolute Gasteiger partial charge is 0.407 e. The molecule has 2 heterocycles. The number of pyridine rings is 1. The number of carbonyl (C=O) groups is 3. The van der Waals surface area contributed by atoms with Gasteiger partial charge in [-0.3, -0.25) is 14.4 Å². The molecule has 220 valence electrons. The van der Waals surface area contributed by atoms with Crippen molar-refractivity contribution in [3.63, 3.8) is 0 Å². The van der Waals surface area contributed by atoms with Crippen molar-refractivity contribution < 1.29 is 28.2 Å². The Kier molecular flexibility index (Phi) is 9.87. The number of halogens is 1. The third-order valence-electron chi connectivity index (χ3n) is 5.70. The summed E-state index contributed by atoms with van der Waals surface area (Å²) in [5, 5.41) is 5.00. The van der Waals surface area contributed by atoms with E-state index in [9.17, 15) is 23.6 Å². The lowest BCUT2D eigenvalue weighted by molar-refractivity contribution is -0.123. The Balaban J connectivity index is 1.79. The summed E-state index contributed by atoms with van der Waals surface area (Å²) in [7, 11) is 4.39. The Morgan fingerprint density at radius 3 is 2.63 bits per heavy atom. The molecule has 0 bridgehead atoms. The van der Waals surface area contributed by atoms with Crippen LogP contribution in [-0.4, -0.2) is 70.2 Å². The molecule has 3 amide bonds. The van der Waals surface area contributed by atoms with Gasteiger partial charge < -0.3 is 34.6 Å². The van der Waals surface area contributed by atoms with Gasteiger partial charge in [0.1, 0.15) is 40.2 Å². The molecule has 0 aliphatic rings. The summed E-state index contributed by atoms with van der Waals surface area (Å²) in [6.45, 7) is 5.53. The summed E-state index contributed by atoms with van der Waals surface area (Å²) in [6, 6.07) is 4.51. The van der Waals surface area contributed by atoms with E-state index >= 15 is 0 Å². The second kappa shape index (κ2) is 13.1. The number of methoxy groups -OCH3 is 1. The van der Waals surface area contributed by atoms with E-state index in [1.807, 2.05) is 20.8 Å². The minimum atomic E-state index is -1.04. The highest BCUT2D eigenvalue weighted by Crippen LogP contribution is 2.28. The van der Waals surface area contributed by atoms with Crippen LogP contribution in [0.15, 0.2) is 47.4 Å². The van der Waals surface area contributed by atoms with Crippen LogP contribution < -0.4 is 20.9 Å². The van der Waals surface area contributed by atoms with Crippen molar-refractivity contribution in [1.29, 1.82) is 0 Å². The highest BCUT2D eigenvalue weighted by atomic mass is 19.1. The van der Waals surface area contributed by atoms with Gasteiger partial charge in [-0.25, -0.2) is 14.2 Å². The lowest BCUT2D eigenvalue weighted by Crippen LogP contribution is -2.44. The van der Waals surface area contributed by atoms with E-state index in [4.69, 9.17) is 4.74 Å². The number of imidazole rings is 1. The van der Waals surface area contributed by atoms with E-state index in [1.165, 1.54) is 47.0 Å². The number of hydrogen-bond donors (Lipinski definition) is 3. The molecule has 12 nitrogen and oxygen atoms in total. The van der Waals surface area contributed by atoms with Gasteiger partial charge in [0.2, 0.25) is 11.8 Å². The number of amides is 3. The SMILES string of the molecule is COC(=O)NC(CCC=CC(=O)N(C)C)C(=O)Nc1cccn(Cc2nc3cc(F)cc(OC(C)(C)C)c3[nH]2)c1=O. The summed E-state index contributed by atoms with van der Waals surface area (Å²) in [5.74, 6) is -0.694. The summed E-state index contributed by atoms with van der Waals surface area (Å²) >= 11 is 0. The number of hydrogen-bond acceptors (Lipinski definition) is 7. The summed E-state index contributed by atoms with van der Waals surface area (Å²) < 4.78 is 26.0. The minimum Gasteiger partial charge on any atom is -0.486 e. The highest BCUT2D eigenvalue weighted by molar-refractivity contribution is 5.96. The number of rotatable bonds is 10. The van der Waals surface area contributed by atoms with E-state index < -0.39 is 35.0 Å². The van der Waals surface area contributed by atoms with Crippen LogP contribution in [0, 0.1) is 5.82 Å². The van der Waals surface area contributed by atoms with Crippen LogP contribution in [0.1, 0.15) is 39.4 Å². The van der Waals surface area contributed by atoms with E-state index in [0.29, 0.717) is 29.0 Å². The molecule has 0 fully saturated rings. The number of nitrogens with one attached hydrogen (secondary N) is 3. The third kappa shape index (κ3) is 8.65. The molecule has 1 aromatic carbocycles. The molecule has 13 heteroatoms. The maximum absolute atomic E-state index is 14.2. The molecule has 3 aromatic rings. The molecule has 0 saturated heterocycles. The average molecular weight is 571 g/mol. The molecule has 1 unspecified atom stereocenters.